The van der Waals surface area contributed by atoms with Crippen LogP contribution in [0.5, 0.6) is 0 Å². The molecule has 1 aliphatic rings. The number of nitrogens with one attached hydrogen (secondary N) is 1. The molecule has 5 rings (SSSR count). The summed E-state index contributed by atoms with van der Waals surface area (Å²) >= 11 is 0. The van der Waals surface area contributed by atoms with Crippen LogP contribution in [0, 0.1) is 13.8 Å². The number of carbonyl (C=O) groups is 1. The first kappa shape index (κ1) is 23.1. The molecule has 1 atom stereocenters. The van der Waals surface area contributed by atoms with Crippen LogP contribution in [-0.4, -0.2) is 20.9 Å². The molecule has 0 aliphatic heterocycles. The topological polar surface area (TPSA) is 66.5 Å². The van der Waals surface area contributed by atoms with E-state index in [0.29, 0.717) is 11.1 Å². The standard InChI is InChI=1S/C29H28N2O3S/c1-20-9-7-15-27(21(20)2)31(19-29(32)30-26-18-17-23-11-3-5-13-24(23)26)35(33,34)28-16-8-12-22-10-4-6-14-25(22)28/h3-16,26H,17-19H2,1-2H3,(H,30,32). The normalized spacial score (nSPS) is 15.1. The fourth-order valence-corrected chi connectivity index (χ4v) is 6.62. The monoisotopic (exact) mass is 484 g/mol. The number of aryl methyl sites for hydroxylation is 2. The average Bonchev–Trinajstić information content (AvgIpc) is 3.26. The van der Waals surface area contributed by atoms with E-state index >= 15 is 0 Å². The summed E-state index contributed by atoms with van der Waals surface area (Å²) in [6.07, 6.45) is 1.71. The van der Waals surface area contributed by atoms with Crippen molar-refractivity contribution in [2.45, 2.75) is 37.6 Å². The summed E-state index contributed by atoms with van der Waals surface area (Å²) in [5, 5.41) is 4.55. The molecule has 0 radical (unpaired) electrons. The number of nitrogens with zero attached hydrogens (tertiary/aromatic N) is 1. The fourth-order valence-electron chi connectivity index (χ4n) is 4.92. The molecule has 0 spiro atoms. The molecule has 1 unspecified atom stereocenters. The summed E-state index contributed by atoms with van der Waals surface area (Å²) in [5.41, 5.74) is 4.64. The summed E-state index contributed by atoms with van der Waals surface area (Å²) in [4.78, 5) is 13.5. The lowest BCUT2D eigenvalue weighted by Crippen LogP contribution is -2.42. The van der Waals surface area contributed by atoms with E-state index in [9.17, 15) is 13.2 Å². The number of hydrogen-bond acceptors (Lipinski definition) is 3. The fraction of sp³-hybridized carbons (Fsp3) is 0.207. The van der Waals surface area contributed by atoms with Crippen LogP contribution in [0.15, 0.2) is 89.8 Å². The van der Waals surface area contributed by atoms with E-state index in [-0.39, 0.29) is 23.4 Å². The van der Waals surface area contributed by atoms with Gasteiger partial charge in [-0.1, -0.05) is 72.8 Å². The number of rotatable bonds is 6. The molecule has 0 saturated heterocycles. The van der Waals surface area contributed by atoms with Gasteiger partial charge in [0.05, 0.1) is 16.6 Å². The van der Waals surface area contributed by atoms with E-state index in [0.717, 1.165) is 34.9 Å². The van der Waals surface area contributed by atoms with Crippen LogP contribution in [0.25, 0.3) is 10.8 Å². The molecule has 6 heteroatoms. The van der Waals surface area contributed by atoms with Gasteiger partial charge >= 0.3 is 0 Å². The summed E-state index contributed by atoms with van der Waals surface area (Å²) in [6.45, 7) is 3.53. The van der Waals surface area contributed by atoms with Gasteiger partial charge in [-0.25, -0.2) is 8.42 Å². The van der Waals surface area contributed by atoms with Crippen LogP contribution < -0.4 is 9.62 Å². The number of anilines is 1. The molecule has 1 N–H and O–H groups in total. The maximum atomic E-state index is 14.1. The van der Waals surface area contributed by atoms with Crippen molar-refractivity contribution in [3.05, 3.63) is 107 Å². The zero-order valence-corrected chi connectivity index (χ0v) is 20.7. The Kier molecular flexibility index (Phi) is 6.07. The van der Waals surface area contributed by atoms with Crippen LogP contribution in [-0.2, 0) is 21.2 Å². The Morgan fingerprint density at radius 2 is 1.63 bits per heavy atom. The number of carbonyl (C=O) groups excluding carboxylic acids is 1. The molecular formula is C29H28N2O3S. The van der Waals surface area contributed by atoms with E-state index in [1.54, 1.807) is 24.3 Å². The van der Waals surface area contributed by atoms with Crippen molar-refractivity contribution >= 4 is 32.4 Å². The summed E-state index contributed by atoms with van der Waals surface area (Å²) in [5.74, 6) is -0.323. The summed E-state index contributed by atoms with van der Waals surface area (Å²) < 4.78 is 29.5. The first-order valence-corrected chi connectivity index (χ1v) is 13.2. The van der Waals surface area contributed by atoms with Crippen molar-refractivity contribution in [2.75, 3.05) is 10.8 Å². The largest absolute Gasteiger partial charge is 0.348 e. The van der Waals surface area contributed by atoms with Crippen molar-refractivity contribution in [3.8, 4) is 0 Å². The minimum atomic E-state index is -4.04. The number of fused-ring (bicyclic) bond motifs is 2. The molecule has 1 amide bonds. The van der Waals surface area contributed by atoms with Crippen molar-refractivity contribution in [1.82, 2.24) is 5.32 Å². The minimum Gasteiger partial charge on any atom is -0.348 e. The SMILES string of the molecule is Cc1cccc(N(CC(=O)NC2CCc3ccccc32)S(=O)(=O)c2cccc3ccccc23)c1C. The number of amides is 1. The maximum absolute atomic E-state index is 14.1. The van der Waals surface area contributed by atoms with Gasteiger partial charge in [0.2, 0.25) is 5.91 Å². The molecule has 178 valence electrons. The zero-order chi connectivity index (χ0) is 24.6. The molecule has 0 heterocycles. The third-order valence-electron chi connectivity index (χ3n) is 6.92. The van der Waals surface area contributed by atoms with E-state index in [1.807, 2.05) is 68.4 Å². The van der Waals surface area contributed by atoms with Gasteiger partial charge in [-0.3, -0.25) is 9.10 Å². The van der Waals surface area contributed by atoms with E-state index in [1.165, 1.54) is 9.87 Å². The molecule has 5 nitrogen and oxygen atoms in total. The Hall–Kier alpha value is -3.64. The molecule has 35 heavy (non-hydrogen) atoms. The molecular weight excluding hydrogens is 456 g/mol. The second-order valence-corrected chi connectivity index (χ2v) is 10.9. The maximum Gasteiger partial charge on any atom is 0.265 e. The third kappa shape index (κ3) is 4.30. The van der Waals surface area contributed by atoms with Gasteiger partial charge in [-0.2, -0.15) is 0 Å². The first-order valence-electron chi connectivity index (χ1n) is 11.8. The predicted octanol–water partition coefficient (Wildman–Crippen LogP) is 5.46. The average molecular weight is 485 g/mol. The Balaban J connectivity index is 1.54. The summed E-state index contributed by atoms with van der Waals surface area (Å²) in [6, 6.07) is 26.2. The van der Waals surface area contributed by atoms with E-state index in [2.05, 4.69) is 11.4 Å². The van der Waals surface area contributed by atoms with Gasteiger partial charge in [0.15, 0.2) is 0 Å². The van der Waals surface area contributed by atoms with Gasteiger partial charge in [0.1, 0.15) is 6.54 Å². The zero-order valence-electron chi connectivity index (χ0n) is 19.9. The number of sulfonamides is 1. The van der Waals surface area contributed by atoms with Gasteiger partial charge in [0.25, 0.3) is 10.0 Å². The highest BCUT2D eigenvalue weighted by Gasteiger charge is 2.31. The van der Waals surface area contributed by atoms with Gasteiger partial charge < -0.3 is 5.32 Å². The lowest BCUT2D eigenvalue weighted by Gasteiger charge is -2.27. The molecule has 4 aromatic rings. The number of hydrogen-bond donors (Lipinski definition) is 1. The second-order valence-electron chi connectivity index (χ2n) is 9.07. The van der Waals surface area contributed by atoms with E-state index in [4.69, 9.17) is 0 Å². The highest BCUT2D eigenvalue weighted by molar-refractivity contribution is 7.93. The lowest BCUT2D eigenvalue weighted by molar-refractivity contribution is -0.120. The highest BCUT2D eigenvalue weighted by atomic mass is 32.2. The molecule has 0 aromatic heterocycles. The first-order chi connectivity index (χ1) is 16.9. The van der Waals surface area contributed by atoms with E-state index < -0.39 is 10.0 Å². The number of benzene rings is 4. The Morgan fingerprint density at radius 1 is 0.914 bits per heavy atom. The molecule has 4 aromatic carbocycles. The lowest BCUT2D eigenvalue weighted by atomic mass is 10.1. The van der Waals surface area contributed by atoms with Crippen LogP contribution in [0.2, 0.25) is 0 Å². The third-order valence-corrected chi connectivity index (χ3v) is 8.74. The van der Waals surface area contributed by atoms with Crippen LogP contribution in [0.4, 0.5) is 5.69 Å². The molecule has 1 aliphatic carbocycles. The van der Waals surface area contributed by atoms with Gasteiger partial charge in [-0.05, 0) is 66.5 Å². The minimum absolute atomic E-state index is 0.112. The van der Waals surface area contributed by atoms with Gasteiger partial charge in [-0.15, -0.1) is 0 Å². The Morgan fingerprint density at radius 3 is 2.49 bits per heavy atom. The highest BCUT2D eigenvalue weighted by Crippen LogP contribution is 2.33. The van der Waals surface area contributed by atoms with Crippen LogP contribution in [0.1, 0.15) is 34.7 Å². The summed E-state index contributed by atoms with van der Waals surface area (Å²) in [7, 11) is -4.04. The van der Waals surface area contributed by atoms with Gasteiger partial charge in [0, 0.05) is 5.39 Å². The van der Waals surface area contributed by atoms with Crippen molar-refractivity contribution in [2.24, 2.45) is 0 Å². The molecule has 0 fully saturated rings. The van der Waals surface area contributed by atoms with Crippen LogP contribution >= 0.6 is 0 Å². The predicted molar refractivity (Wildman–Crippen MR) is 140 cm³/mol. The Bertz CT molecular complexity index is 1520. The second kappa shape index (κ2) is 9.19. The van der Waals surface area contributed by atoms with Crippen LogP contribution in [0.3, 0.4) is 0 Å². The quantitative estimate of drug-likeness (QED) is 0.395. The van der Waals surface area contributed by atoms with Crippen molar-refractivity contribution in [3.63, 3.8) is 0 Å². The molecule has 0 bridgehead atoms. The molecule has 0 saturated carbocycles. The van der Waals surface area contributed by atoms with Crippen molar-refractivity contribution in [1.29, 1.82) is 0 Å². The van der Waals surface area contributed by atoms with Crippen molar-refractivity contribution < 1.29 is 13.2 Å². The smallest absolute Gasteiger partial charge is 0.265 e. The Labute approximate surface area is 206 Å².